The number of piperidine rings is 2. The van der Waals surface area contributed by atoms with E-state index in [0.717, 1.165) is 37.1 Å². The van der Waals surface area contributed by atoms with Crippen molar-refractivity contribution in [3.8, 4) is 0 Å². The molecule has 0 saturated carbocycles. The van der Waals surface area contributed by atoms with Gasteiger partial charge in [0.25, 0.3) is 5.91 Å². The zero-order chi connectivity index (χ0) is 17.6. The van der Waals surface area contributed by atoms with Gasteiger partial charge in [-0.3, -0.25) is 19.7 Å². The van der Waals surface area contributed by atoms with Crippen LogP contribution in [0.4, 0.5) is 4.39 Å². The summed E-state index contributed by atoms with van der Waals surface area (Å²) in [6.45, 7) is 2.02. The van der Waals surface area contributed by atoms with Gasteiger partial charge in [0, 0.05) is 25.1 Å². The molecule has 0 aliphatic carbocycles. The predicted molar refractivity (Wildman–Crippen MR) is 87.3 cm³/mol. The summed E-state index contributed by atoms with van der Waals surface area (Å²) in [5.74, 6) is -1.33. The summed E-state index contributed by atoms with van der Waals surface area (Å²) >= 11 is 0. The third kappa shape index (κ3) is 2.82. The van der Waals surface area contributed by atoms with E-state index in [1.165, 1.54) is 17.0 Å². The lowest BCUT2D eigenvalue weighted by molar-refractivity contribution is -0.136. The number of carbonyl (C=O) groups is 3. The van der Waals surface area contributed by atoms with E-state index in [9.17, 15) is 18.8 Å². The highest BCUT2D eigenvalue weighted by molar-refractivity contribution is 6.05. The molecule has 4 rings (SSSR count). The predicted octanol–water partition coefficient (Wildman–Crippen LogP) is 1.05. The fourth-order valence-electron chi connectivity index (χ4n) is 4.13. The van der Waals surface area contributed by atoms with Gasteiger partial charge in [-0.25, -0.2) is 4.39 Å². The minimum Gasteiger partial charge on any atom is -0.322 e. The van der Waals surface area contributed by atoms with E-state index >= 15 is 0 Å². The van der Waals surface area contributed by atoms with Crippen molar-refractivity contribution in [3.05, 3.63) is 34.6 Å². The number of rotatable bonds is 2. The average molecular weight is 345 g/mol. The van der Waals surface area contributed by atoms with Crippen molar-refractivity contribution >= 4 is 17.7 Å². The minimum absolute atomic E-state index is 0.174. The minimum atomic E-state index is -0.669. The summed E-state index contributed by atoms with van der Waals surface area (Å²) < 4.78 is 14.1. The molecular formula is C18H20FN3O3. The standard InChI is InChI=1S/C18H20FN3O3/c19-11-6-12(10-2-1-5-20-8-10)14-9-22(18(25)13(14)7-11)15-3-4-16(23)21-17(15)24/h6-7,10,15,20H,1-5,8-9H2,(H,21,23,24). The quantitative estimate of drug-likeness (QED) is 0.786. The van der Waals surface area contributed by atoms with Crippen molar-refractivity contribution in [3.63, 3.8) is 0 Å². The Balaban J connectivity index is 1.66. The van der Waals surface area contributed by atoms with Gasteiger partial charge in [-0.2, -0.15) is 0 Å². The van der Waals surface area contributed by atoms with Gasteiger partial charge in [0.2, 0.25) is 11.8 Å². The summed E-state index contributed by atoms with van der Waals surface area (Å²) in [5.41, 5.74) is 2.04. The number of halogens is 1. The van der Waals surface area contributed by atoms with Gasteiger partial charge in [-0.05, 0) is 55.0 Å². The summed E-state index contributed by atoms with van der Waals surface area (Å²) in [5, 5.41) is 5.61. The highest BCUT2D eigenvalue weighted by Gasteiger charge is 2.40. The number of nitrogens with one attached hydrogen (secondary N) is 2. The molecular weight excluding hydrogens is 325 g/mol. The Morgan fingerprint density at radius 2 is 2.00 bits per heavy atom. The molecule has 3 aliphatic rings. The third-order valence-corrected chi connectivity index (χ3v) is 5.39. The molecule has 1 aromatic carbocycles. The van der Waals surface area contributed by atoms with Crippen LogP contribution in [0.25, 0.3) is 0 Å². The van der Waals surface area contributed by atoms with Crippen LogP contribution < -0.4 is 10.6 Å². The summed E-state index contributed by atoms with van der Waals surface area (Å²) in [4.78, 5) is 37.7. The molecule has 2 N–H and O–H groups in total. The van der Waals surface area contributed by atoms with Crippen LogP contribution in [0.1, 0.15) is 53.1 Å². The summed E-state index contributed by atoms with van der Waals surface area (Å²) in [7, 11) is 0. The van der Waals surface area contributed by atoms with Crippen molar-refractivity contribution in [2.45, 2.75) is 44.2 Å². The van der Waals surface area contributed by atoms with E-state index in [1.54, 1.807) is 0 Å². The molecule has 3 heterocycles. The van der Waals surface area contributed by atoms with E-state index in [4.69, 9.17) is 0 Å². The van der Waals surface area contributed by atoms with Gasteiger partial charge in [-0.1, -0.05) is 0 Å². The lowest BCUT2D eigenvalue weighted by Crippen LogP contribution is -2.52. The molecule has 0 radical (unpaired) electrons. The number of benzene rings is 1. The van der Waals surface area contributed by atoms with Crippen molar-refractivity contribution < 1.29 is 18.8 Å². The fraction of sp³-hybridized carbons (Fsp3) is 0.500. The smallest absolute Gasteiger partial charge is 0.255 e. The van der Waals surface area contributed by atoms with Gasteiger partial charge in [0.1, 0.15) is 11.9 Å². The van der Waals surface area contributed by atoms with Crippen LogP contribution in [0.3, 0.4) is 0 Å². The molecule has 0 bridgehead atoms. The molecule has 2 atom stereocenters. The van der Waals surface area contributed by atoms with Crippen molar-refractivity contribution in [2.24, 2.45) is 0 Å². The van der Waals surface area contributed by atoms with Crippen molar-refractivity contribution in [2.75, 3.05) is 13.1 Å². The number of nitrogens with zero attached hydrogens (tertiary/aromatic N) is 1. The molecule has 2 fully saturated rings. The first-order valence-electron chi connectivity index (χ1n) is 8.72. The van der Waals surface area contributed by atoms with E-state index < -0.39 is 17.8 Å². The molecule has 7 heteroatoms. The van der Waals surface area contributed by atoms with E-state index in [-0.39, 0.29) is 24.2 Å². The number of carbonyl (C=O) groups excluding carboxylic acids is 3. The second-order valence-corrected chi connectivity index (χ2v) is 6.96. The molecule has 1 aromatic rings. The van der Waals surface area contributed by atoms with Gasteiger partial charge in [0.15, 0.2) is 0 Å². The second-order valence-electron chi connectivity index (χ2n) is 6.96. The van der Waals surface area contributed by atoms with Crippen LogP contribution in [0, 0.1) is 5.82 Å². The maximum atomic E-state index is 14.1. The number of fused-ring (bicyclic) bond motifs is 1. The number of imide groups is 1. The number of hydrogen-bond acceptors (Lipinski definition) is 4. The largest absolute Gasteiger partial charge is 0.322 e. The first-order chi connectivity index (χ1) is 12.0. The Hall–Kier alpha value is -2.28. The summed E-state index contributed by atoms with van der Waals surface area (Å²) in [6, 6.07) is 2.12. The average Bonchev–Trinajstić information content (AvgIpc) is 2.92. The first-order valence-corrected chi connectivity index (χ1v) is 8.72. The third-order valence-electron chi connectivity index (χ3n) is 5.39. The van der Waals surface area contributed by atoms with Crippen LogP contribution >= 0.6 is 0 Å². The van der Waals surface area contributed by atoms with Crippen LogP contribution in [0.5, 0.6) is 0 Å². The first kappa shape index (κ1) is 16.2. The molecule has 0 spiro atoms. The van der Waals surface area contributed by atoms with Crippen LogP contribution in [0.2, 0.25) is 0 Å². The maximum Gasteiger partial charge on any atom is 0.255 e. The molecule has 2 unspecified atom stereocenters. The Bertz CT molecular complexity index is 758. The summed E-state index contributed by atoms with van der Waals surface area (Å²) in [6.07, 6.45) is 2.49. The molecule has 3 aliphatic heterocycles. The van der Waals surface area contributed by atoms with E-state index in [1.807, 2.05) is 0 Å². The topological polar surface area (TPSA) is 78.5 Å². The Morgan fingerprint density at radius 3 is 2.72 bits per heavy atom. The Morgan fingerprint density at radius 1 is 1.16 bits per heavy atom. The number of amides is 3. The Labute approximate surface area is 144 Å². The normalized spacial score (nSPS) is 26.6. The molecule has 3 amide bonds. The van der Waals surface area contributed by atoms with Gasteiger partial charge in [0.05, 0.1) is 0 Å². The highest BCUT2D eigenvalue weighted by atomic mass is 19.1. The maximum absolute atomic E-state index is 14.1. The Kier molecular flexibility index (Phi) is 4.03. The zero-order valence-corrected chi connectivity index (χ0v) is 13.8. The molecule has 132 valence electrons. The van der Waals surface area contributed by atoms with Gasteiger partial charge >= 0.3 is 0 Å². The zero-order valence-electron chi connectivity index (χ0n) is 13.8. The second kappa shape index (κ2) is 6.22. The lowest BCUT2D eigenvalue weighted by Gasteiger charge is -2.29. The van der Waals surface area contributed by atoms with Crippen molar-refractivity contribution in [1.29, 1.82) is 0 Å². The fourth-order valence-corrected chi connectivity index (χ4v) is 4.13. The van der Waals surface area contributed by atoms with Gasteiger partial charge in [-0.15, -0.1) is 0 Å². The SMILES string of the molecule is O=C1CCC(N2Cc3c(cc(F)cc3C3CCCNC3)C2=O)C(=O)N1. The van der Waals surface area contributed by atoms with Crippen molar-refractivity contribution in [1.82, 2.24) is 15.5 Å². The number of hydrogen-bond donors (Lipinski definition) is 2. The van der Waals surface area contributed by atoms with E-state index in [2.05, 4.69) is 10.6 Å². The monoisotopic (exact) mass is 345 g/mol. The highest BCUT2D eigenvalue weighted by Crippen LogP contribution is 2.35. The molecule has 25 heavy (non-hydrogen) atoms. The van der Waals surface area contributed by atoms with Gasteiger partial charge < -0.3 is 10.2 Å². The molecule has 6 nitrogen and oxygen atoms in total. The molecule has 2 saturated heterocycles. The lowest BCUT2D eigenvalue weighted by atomic mass is 9.87. The van der Waals surface area contributed by atoms with Crippen LogP contribution in [-0.2, 0) is 16.1 Å². The molecule has 0 aromatic heterocycles. The van der Waals surface area contributed by atoms with E-state index in [0.29, 0.717) is 18.5 Å². The van der Waals surface area contributed by atoms with Crippen LogP contribution in [-0.4, -0.2) is 41.8 Å². The van der Waals surface area contributed by atoms with Crippen LogP contribution in [0.15, 0.2) is 12.1 Å².